The van der Waals surface area contributed by atoms with Crippen molar-refractivity contribution >= 4 is 16.7 Å². The fourth-order valence-electron chi connectivity index (χ4n) is 1.80. The summed E-state index contributed by atoms with van der Waals surface area (Å²) < 4.78 is 0. The predicted octanol–water partition coefficient (Wildman–Crippen LogP) is 2.44. The van der Waals surface area contributed by atoms with Gasteiger partial charge >= 0.3 is 0 Å². The Morgan fingerprint density at radius 2 is 2.28 bits per heavy atom. The molecule has 0 aromatic carbocycles. The zero-order chi connectivity index (χ0) is 13.0. The van der Waals surface area contributed by atoms with Gasteiger partial charge in [-0.1, -0.05) is 19.2 Å². The van der Waals surface area contributed by atoms with Crippen LogP contribution in [0.2, 0.25) is 0 Å². The van der Waals surface area contributed by atoms with Crippen molar-refractivity contribution in [2.75, 3.05) is 6.54 Å². The van der Waals surface area contributed by atoms with Gasteiger partial charge in [-0.25, -0.2) is 9.97 Å². The number of unbranched alkanes of at least 4 members (excludes halogenated alkanes) is 1. The molecule has 0 aliphatic heterocycles. The summed E-state index contributed by atoms with van der Waals surface area (Å²) >= 11 is 0. The number of allylic oxidation sites excluding steroid dienone is 2. The summed E-state index contributed by atoms with van der Waals surface area (Å²) in [5.74, 6) is 0.965. The van der Waals surface area contributed by atoms with Crippen LogP contribution < -0.4 is 5.73 Å². The molecule has 2 rings (SSSR count). The van der Waals surface area contributed by atoms with Crippen LogP contribution in [0.3, 0.4) is 0 Å². The molecule has 0 atom stereocenters. The van der Waals surface area contributed by atoms with E-state index in [0.29, 0.717) is 0 Å². The minimum absolute atomic E-state index is 0.724. The Kier molecular flexibility index (Phi) is 3.89. The van der Waals surface area contributed by atoms with Gasteiger partial charge in [-0.15, -0.1) is 0 Å². The molecule has 0 aliphatic rings. The Labute approximate surface area is 107 Å². The third-order valence-electron chi connectivity index (χ3n) is 2.87. The maximum atomic E-state index is 5.47. The number of nitrogens with one attached hydrogen (secondary N) is 1. The molecule has 0 bridgehead atoms. The molecule has 0 spiro atoms. The number of imidazole rings is 1. The van der Waals surface area contributed by atoms with Gasteiger partial charge in [0.15, 0.2) is 5.65 Å². The van der Waals surface area contributed by atoms with Crippen LogP contribution in [0.4, 0.5) is 0 Å². The van der Waals surface area contributed by atoms with E-state index < -0.39 is 0 Å². The van der Waals surface area contributed by atoms with Gasteiger partial charge in [0.1, 0.15) is 5.82 Å². The van der Waals surface area contributed by atoms with E-state index in [2.05, 4.69) is 28.1 Å². The van der Waals surface area contributed by atoms with Gasteiger partial charge < -0.3 is 10.7 Å². The van der Waals surface area contributed by atoms with Crippen molar-refractivity contribution in [3.8, 4) is 0 Å². The second-order valence-corrected chi connectivity index (χ2v) is 4.25. The number of nitrogens with two attached hydrogens (primary N) is 1. The molecule has 0 amide bonds. The molecule has 0 saturated carbocycles. The van der Waals surface area contributed by atoms with Crippen LogP contribution in [0.25, 0.3) is 16.7 Å². The van der Waals surface area contributed by atoms with Crippen molar-refractivity contribution in [2.24, 2.45) is 5.73 Å². The van der Waals surface area contributed by atoms with Gasteiger partial charge in [-0.05, 0) is 31.0 Å². The van der Waals surface area contributed by atoms with E-state index in [1.165, 1.54) is 0 Å². The van der Waals surface area contributed by atoms with Crippen molar-refractivity contribution in [3.05, 3.63) is 42.9 Å². The van der Waals surface area contributed by atoms with Gasteiger partial charge in [-0.3, -0.25) is 0 Å². The molecule has 3 N–H and O–H groups in total. The van der Waals surface area contributed by atoms with Crippen LogP contribution >= 0.6 is 0 Å². The molecule has 0 fully saturated rings. The summed E-state index contributed by atoms with van der Waals surface area (Å²) in [4.78, 5) is 12.1. The van der Waals surface area contributed by atoms with E-state index in [1.54, 1.807) is 12.3 Å². The van der Waals surface area contributed by atoms with E-state index >= 15 is 0 Å². The van der Waals surface area contributed by atoms with Crippen molar-refractivity contribution in [1.29, 1.82) is 0 Å². The summed E-state index contributed by atoms with van der Waals surface area (Å²) in [7, 11) is 0. The summed E-state index contributed by atoms with van der Waals surface area (Å²) in [6.45, 7) is 8.34. The number of rotatable bonds is 6. The highest BCUT2D eigenvalue weighted by molar-refractivity contribution is 5.79. The number of pyridine rings is 1. The lowest BCUT2D eigenvalue weighted by molar-refractivity contribution is 0.724. The molecule has 4 heteroatoms. The predicted molar refractivity (Wildman–Crippen MR) is 75.1 cm³/mol. The normalized spacial score (nSPS) is 10.7. The highest BCUT2D eigenvalue weighted by Crippen LogP contribution is 2.17. The molecular weight excluding hydrogens is 224 g/mol. The molecular formula is C14H18N4. The molecule has 0 aliphatic carbocycles. The molecule has 4 nitrogen and oxygen atoms in total. The first kappa shape index (κ1) is 12.5. The van der Waals surface area contributed by atoms with E-state index in [0.717, 1.165) is 53.9 Å². The van der Waals surface area contributed by atoms with Gasteiger partial charge in [0.05, 0.1) is 5.52 Å². The van der Waals surface area contributed by atoms with Gasteiger partial charge in [-0.2, -0.15) is 0 Å². The van der Waals surface area contributed by atoms with Gasteiger partial charge in [0.2, 0.25) is 0 Å². The van der Waals surface area contributed by atoms with Gasteiger partial charge in [0.25, 0.3) is 0 Å². The topological polar surface area (TPSA) is 67.6 Å². The second-order valence-electron chi connectivity index (χ2n) is 4.25. The van der Waals surface area contributed by atoms with Crippen LogP contribution in [0.1, 0.15) is 24.2 Å². The van der Waals surface area contributed by atoms with Crippen LogP contribution in [0.5, 0.6) is 0 Å². The second kappa shape index (κ2) is 5.60. The molecule has 2 aromatic rings. The highest BCUT2D eigenvalue weighted by atomic mass is 15.0. The van der Waals surface area contributed by atoms with Crippen LogP contribution in [0, 0.1) is 0 Å². The van der Waals surface area contributed by atoms with Crippen molar-refractivity contribution in [1.82, 2.24) is 15.0 Å². The lowest BCUT2D eigenvalue weighted by Crippen LogP contribution is -1.99. The monoisotopic (exact) mass is 242 g/mol. The SMILES string of the molecule is C=CC(=C)c1cnc2nc(CCCCN)[nH]c2c1. The minimum atomic E-state index is 0.724. The maximum absolute atomic E-state index is 5.47. The molecule has 18 heavy (non-hydrogen) atoms. The molecule has 2 aromatic heterocycles. The Morgan fingerprint density at radius 1 is 1.44 bits per heavy atom. The average molecular weight is 242 g/mol. The van der Waals surface area contributed by atoms with E-state index in [4.69, 9.17) is 5.73 Å². The fraction of sp³-hybridized carbons (Fsp3) is 0.286. The summed E-state index contributed by atoms with van der Waals surface area (Å²) in [5, 5.41) is 0. The van der Waals surface area contributed by atoms with Gasteiger partial charge in [0, 0.05) is 18.2 Å². The van der Waals surface area contributed by atoms with Crippen molar-refractivity contribution in [3.63, 3.8) is 0 Å². The minimum Gasteiger partial charge on any atom is -0.341 e. The van der Waals surface area contributed by atoms with Crippen LogP contribution in [-0.2, 0) is 6.42 Å². The zero-order valence-corrected chi connectivity index (χ0v) is 10.4. The largest absolute Gasteiger partial charge is 0.341 e. The number of hydrogen-bond acceptors (Lipinski definition) is 3. The quantitative estimate of drug-likeness (QED) is 0.604. The lowest BCUT2D eigenvalue weighted by atomic mass is 10.1. The average Bonchev–Trinajstić information content (AvgIpc) is 2.79. The first-order valence-corrected chi connectivity index (χ1v) is 6.11. The van der Waals surface area contributed by atoms with Crippen molar-refractivity contribution < 1.29 is 0 Å². The summed E-state index contributed by atoms with van der Waals surface area (Å²) in [6, 6.07) is 2.01. The smallest absolute Gasteiger partial charge is 0.177 e. The van der Waals surface area contributed by atoms with E-state index in [-0.39, 0.29) is 0 Å². The zero-order valence-electron chi connectivity index (χ0n) is 10.4. The van der Waals surface area contributed by atoms with Crippen LogP contribution in [-0.4, -0.2) is 21.5 Å². The lowest BCUT2D eigenvalue weighted by Gasteiger charge is -1.98. The standard InChI is InChI=1S/C14H18N4/c1-3-10(2)11-8-12-14(16-9-11)18-13(17-12)6-4-5-7-15/h3,8-9H,1-2,4-7,15H2,(H,16,17,18). The number of hydrogen-bond donors (Lipinski definition) is 2. The first-order chi connectivity index (χ1) is 8.74. The summed E-state index contributed by atoms with van der Waals surface area (Å²) in [6.07, 6.45) is 6.47. The number of nitrogens with zero attached hydrogens (tertiary/aromatic N) is 2. The molecule has 0 unspecified atom stereocenters. The Hall–Kier alpha value is -1.94. The molecule has 0 radical (unpaired) electrons. The summed E-state index contributed by atoms with van der Waals surface area (Å²) in [5.41, 5.74) is 9.00. The number of aromatic amines is 1. The fourth-order valence-corrected chi connectivity index (χ4v) is 1.80. The van der Waals surface area contributed by atoms with E-state index in [9.17, 15) is 0 Å². The maximum Gasteiger partial charge on any atom is 0.177 e. The van der Waals surface area contributed by atoms with Crippen molar-refractivity contribution in [2.45, 2.75) is 19.3 Å². The number of aromatic nitrogens is 3. The number of fused-ring (bicyclic) bond motifs is 1. The Morgan fingerprint density at radius 3 is 3.00 bits per heavy atom. The van der Waals surface area contributed by atoms with Crippen LogP contribution in [0.15, 0.2) is 31.5 Å². The first-order valence-electron chi connectivity index (χ1n) is 6.11. The Bertz CT molecular complexity index is 568. The molecule has 94 valence electrons. The third kappa shape index (κ3) is 2.65. The molecule has 0 saturated heterocycles. The molecule has 2 heterocycles. The Balaban J connectivity index is 2.22. The van der Waals surface area contributed by atoms with E-state index in [1.807, 2.05) is 6.07 Å². The number of H-pyrrole nitrogens is 1. The number of aryl methyl sites for hydroxylation is 1. The third-order valence-corrected chi connectivity index (χ3v) is 2.87. The highest BCUT2D eigenvalue weighted by Gasteiger charge is 2.05.